The van der Waals surface area contributed by atoms with Crippen LogP contribution in [0.25, 0.3) is 0 Å². The summed E-state index contributed by atoms with van der Waals surface area (Å²) in [5, 5.41) is 11.9. The summed E-state index contributed by atoms with van der Waals surface area (Å²) in [6.45, 7) is 3.41. The molecule has 2 rings (SSSR count). The maximum atomic E-state index is 11.8. The number of carbonyl (C=O) groups is 2. The number of rotatable bonds is 6. The Balaban J connectivity index is 1.87. The molecule has 1 aliphatic heterocycles. The smallest absolute Gasteiger partial charge is 0.239 e. The average molecular weight is 331 g/mol. The van der Waals surface area contributed by atoms with Crippen molar-refractivity contribution in [2.45, 2.75) is 25.7 Å². The van der Waals surface area contributed by atoms with Gasteiger partial charge in [-0.15, -0.1) is 0 Å². The molecule has 1 aliphatic rings. The Morgan fingerprint density at radius 1 is 1.29 bits per heavy atom. The number of guanidine groups is 1. The van der Waals surface area contributed by atoms with E-state index in [0.29, 0.717) is 25.5 Å². The fraction of sp³-hybridized carbons (Fsp3) is 0.471. The molecule has 0 aromatic heterocycles. The highest BCUT2D eigenvalue weighted by atomic mass is 16.2. The number of anilines is 1. The van der Waals surface area contributed by atoms with Crippen LogP contribution in [-0.2, 0) is 9.59 Å². The molecular weight excluding hydrogens is 306 g/mol. The summed E-state index contributed by atoms with van der Waals surface area (Å²) >= 11 is 0. The van der Waals surface area contributed by atoms with Gasteiger partial charge < -0.3 is 21.3 Å². The highest BCUT2D eigenvalue weighted by Gasteiger charge is 2.24. The average Bonchev–Trinajstić information content (AvgIpc) is 2.59. The first-order chi connectivity index (χ1) is 11.6. The largest absolute Gasteiger partial charge is 0.356 e. The summed E-state index contributed by atoms with van der Waals surface area (Å²) in [5.41, 5.74) is 1.98. The van der Waals surface area contributed by atoms with Crippen molar-refractivity contribution in [1.29, 1.82) is 0 Å². The fourth-order valence-corrected chi connectivity index (χ4v) is 2.62. The number of benzene rings is 1. The summed E-state index contributed by atoms with van der Waals surface area (Å²) in [6.07, 6.45) is 1.33. The van der Waals surface area contributed by atoms with Crippen molar-refractivity contribution >= 4 is 23.5 Å². The lowest BCUT2D eigenvalue weighted by molar-refractivity contribution is -0.120. The Morgan fingerprint density at radius 3 is 2.83 bits per heavy atom. The summed E-state index contributed by atoms with van der Waals surface area (Å²) < 4.78 is 0. The summed E-state index contributed by atoms with van der Waals surface area (Å²) in [5.74, 6) is 0.567. The van der Waals surface area contributed by atoms with E-state index in [1.54, 1.807) is 7.05 Å². The van der Waals surface area contributed by atoms with E-state index in [0.717, 1.165) is 17.7 Å². The minimum absolute atomic E-state index is 0.0161. The Bertz CT molecular complexity index is 615. The van der Waals surface area contributed by atoms with Crippen LogP contribution in [0, 0.1) is 0 Å². The molecule has 1 heterocycles. The van der Waals surface area contributed by atoms with Gasteiger partial charge in [0.15, 0.2) is 5.96 Å². The number of carbonyl (C=O) groups excluding carboxylic acids is 2. The Hall–Kier alpha value is -2.57. The van der Waals surface area contributed by atoms with Gasteiger partial charge in [0.25, 0.3) is 0 Å². The quantitative estimate of drug-likeness (QED) is 0.458. The number of hydrogen-bond acceptors (Lipinski definition) is 3. The van der Waals surface area contributed by atoms with Crippen molar-refractivity contribution in [3.05, 3.63) is 29.8 Å². The van der Waals surface area contributed by atoms with Crippen LogP contribution in [0.4, 0.5) is 5.69 Å². The molecule has 0 fully saturated rings. The zero-order valence-corrected chi connectivity index (χ0v) is 14.2. The van der Waals surface area contributed by atoms with Gasteiger partial charge in [0.2, 0.25) is 11.8 Å². The molecule has 2 amide bonds. The van der Waals surface area contributed by atoms with Crippen molar-refractivity contribution in [3.63, 3.8) is 0 Å². The number of hydrogen-bond donors (Lipinski definition) is 4. The normalized spacial score (nSPS) is 16.8. The van der Waals surface area contributed by atoms with Crippen molar-refractivity contribution in [2.75, 3.05) is 32.0 Å². The van der Waals surface area contributed by atoms with Crippen LogP contribution < -0.4 is 21.3 Å². The molecule has 0 saturated carbocycles. The van der Waals surface area contributed by atoms with Crippen LogP contribution in [0.1, 0.15) is 31.2 Å². The Kier molecular flexibility index (Phi) is 6.60. The highest BCUT2D eigenvalue weighted by Crippen LogP contribution is 2.31. The summed E-state index contributed by atoms with van der Waals surface area (Å²) in [6, 6.07) is 7.80. The van der Waals surface area contributed by atoms with Gasteiger partial charge in [-0.1, -0.05) is 25.1 Å². The van der Waals surface area contributed by atoms with Crippen LogP contribution in [-0.4, -0.2) is 44.5 Å². The van der Waals surface area contributed by atoms with Crippen LogP contribution in [0.5, 0.6) is 0 Å². The first-order valence-corrected chi connectivity index (χ1v) is 8.24. The molecule has 1 aromatic carbocycles. The molecule has 0 bridgehead atoms. The third-order valence-electron chi connectivity index (χ3n) is 3.83. The van der Waals surface area contributed by atoms with Crippen molar-refractivity contribution in [1.82, 2.24) is 16.0 Å². The molecule has 0 saturated heterocycles. The number of nitrogens with zero attached hydrogens (tertiary/aromatic N) is 1. The first-order valence-electron chi connectivity index (χ1n) is 8.24. The second kappa shape index (κ2) is 8.90. The SMILES string of the molecule is CCCNC(=O)CNC(=NC)NCC1CC(=O)Nc2ccccc21. The van der Waals surface area contributed by atoms with Gasteiger partial charge >= 0.3 is 0 Å². The number of nitrogens with one attached hydrogen (secondary N) is 4. The maximum Gasteiger partial charge on any atom is 0.239 e. The van der Waals surface area contributed by atoms with E-state index < -0.39 is 0 Å². The molecule has 1 unspecified atom stereocenters. The second-order valence-corrected chi connectivity index (χ2v) is 5.69. The lowest BCUT2D eigenvalue weighted by atomic mass is 9.90. The van der Waals surface area contributed by atoms with Crippen LogP contribution in [0.15, 0.2) is 29.3 Å². The predicted molar refractivity (Wildman–Crippen MR) is 95.1 cm³/mol. The van der Waals surface area contributed by atoms with Gasteiger partial charge in [-0.25, -0.2) is 0 Å². The van der Waals surface area contributed by atoms with Crippen molar-refractivity contribution < 1.29 is 9.59 Å². The summed E-state index contributed by atoms with van der Waals surface area (Å²) in [7, 11) is 1.65. The van der Waals surface area contributed by atoms with Crippen LogP contribution in [0.2, 0.25) is 0 Å². The molecule has 1 aromatic rings. The predicted octanol–water partition coefficient (Wildman–Crippen LogP) is 0.804. The third-order valence-corrected chi connectivity index (χ3v) is 3.83. The van der Waals surface area contributed by atoms with Gasteiger partial charge in [-0.3, -0.25) is 14.6 Å². The zero-order chi connectivity index (χ0) is 17.4. The maximum absolute atomic E-state index is 11.8. The minimum atomic E-state index is -0.0674. The van der Waals surface area contributed by atoms with Gasteiger partial charge in [0, 0.05) is 38.2 Å². The lowest BCUT2D eigenvalue weighted by Crippen LogP contribution is -2.44. The molecule has 1 atom stereocenters. The summed E-state index contributed by atoms with van der Waals surface area (Å²) in [4.78, 5) is 27.6. The number of para-hydroxylation sites is 1. The Morgan fingerprint density at radius 2 is 2.08 bits per heavy atom. The molecule has 0 aliphatic carbocycles. The van der Waals surface area contributed by atoms with E-state index in [-0.39, 0.29) is 24.3 Å². The standard InChI is InChI=1S/C17H25N5O2/c1-3-8-19-16(24)11-21-17(18-2)20-10-12-9-15(23)22-14-7-5-4-6-13(12)14/h4-7,12H,3,8-11H2,1-2H3,(H,19,24)(H,22,23)(H2,18,20,21). The number of aliphatic imine (C=N–C) groups is 1. The highest BCUT2D eigenvalue weighted by molar-refractivity contribution is 5.95. The van der Waals surface area contributed by atoms with E-state index in [4.69, 9.17) is 0 Å². The molecule has 0 spiro atoms. The number of fused-ring (bicyclic) bond motifs is 1. The van der Waals surface area contributed by atoms with E-state index in [2.05, 4.69) is 26.3 Å². The molecule has 24 heavy (non-hydrogen) atoms. The fourth-order valence-electron chi connectivity index (χ4n) is 2.62. The molecule has 130 valence electrons. The monoisotopic (exact) mass is 331 g/mol. The molecule has 0 radical (unpaired) electrons. The topological polar surface area (TPSA) is 94.6 Å². The minimum Gasteiger partial charge on any atom is -0.356 e. The Labute approximate surface area is 142 Å². The molecular formula is C17H25N5O2. The van der Waals surface area contributed by atoms with E-state index in [1.165, 1.54) is 0 Å². The van der Waals surface area contributed by atoms with E-state index >= 15 is 0 Å². The van der Waals surface area contributed by atoms with Gasteiger partial charge in [-0.05, 0) is 18.1 Å². The van der Waals surface area contributed by atoms with E-state index in [1.807, 2.05) is 31.2 Å². The third kappa shape index (κ3) is 4.97. The van der Waals surface area contributed by atoms with Crippen LogP contribution >= 0.6 is 0 Å². The lowest BCUT2D eigenvalue weighted by Gasteiger charge is -2.26. The zero-order valence-electron chi connectivity index (χ0n) is 14.2. The van der Waals surface area contributed by atoms with Crippen molar-refractivity contribution in [2.24, 2.45) is 4.99 Å². The van der Waals surface area contributed by atoms with Crippen LogP contribution in [0.3, 0.4) is 0 Å². The first kappa shape index (κ1) is 17.8. The van der Waals surface area contributed by atoms with E-state index in [9.17, 15) is 9.59 Å². The molecule has 7 heteroatoms. The van der Waals surface area contributed by atoms with Crippen molar-refractivity contribution in [3.8, 4) is 0 Å². The van der Waals surface area contributed by atoms with Gasteiger partial charge in [0.05, 0.1) is 6.54 Å². The molecule has 7 nitrogen and oxygen atoms in total. The molecule has 4 N–H and O–H groups in total. The second-order valence-electron chi connectivity index (χ2n) is 5.69. The number of amides is 2. The van der Waals surface area contributed by atoms with Gasteiger partial charge in [0.1, 0.15) is 0 Å². The van der Waals surface area contributed by atoms with Gasteiger partial charge in [-0.2, -0.15) is 0 Å².